The minimum atomic E-state index is 0.745. The van der Waals surface area contributed by atoms with Crippen LogP contribution in [0.4, 0.5) is 5.69 Å². The first-order chi connectivity index (χ1) is 5.66. The summed E-state index contributed by atoms with van der Waals surface area (Å²) in [4.78, 5) is 7.42. The lowest BCUT2D eigenvalue weighted by Crippen LogP contribution is -1.87. The Morgan fingerprint density at radius 1 is 1.33 bits per heavy atom. The number of nitrogen functional groups attached to an aromatic ring is 1. The first-order valence-corrected chi connectivity index (χ1v) is 3.89. The molecule has 0 aliphatic carbocycles. The molecule has 3 nitrogen and oxygen atoms in total. The number of nitrogens with two attached hydrogens (primary N) is 1. The van der Waals surface area contributed by atoms with E-state index < -0.39 is 0 Å². The maximum absolute atomic E-state index is 5.79. The number of H-pyrrole nitrogens is 1. The third kappa shape index (κ3) is 0.942. The third-order valence-corrected chi connectivity index (χ3v) is 1.88. The maximum atomic E-state index is 5.79. The van der Waals surface area contributed by atoms with Gasteiger partial charge in [-0.2, -0.15) is 0 Å². The number of hydrogen-bond acceptors (Lipinski definition) is 2. The van der Waals surface area contributed by atoms with Crippen LogP contribution < -0.4 is 5.73 Å². The first kappa shape index (κ1) is 7.16. The highest BCUT2D eigenvalue weighted by atomic mass is 14.9. The Hall–Kier alpha value is -1.51. The van der Waals surface area contributed by atoms with Crippen molar-refractivity contribution in [3.8, 4) is 0 Å². The van der Waals surface area contributed by atoms with Crippen LogP contribution in [-0.2, 0) is 0 Å². The summed E-state index contributed by atoms with van der Waals surface area (Å²) in [5.41, 5.74) is 9.58. The molecule has 1 aromatic heterocycles. The van der Waals surface area contributed by atoms with Crippen LogP contribution in [0.2, 0.25) is 0 Å². The van der Waals surface area contributed by atoms with Crippen LogP contribution in [0.25, 0.3) is 11.0 Å². The molecule has 0 amide bonds. The van der Waals surface area contributed by atoms with Crippen molar-refractivity contribution in [2.24, 2.45) is 0 Å². The highest BCUT2D eigenvalue weighted by molar-refractivity contribution is 5.87. The molecule has 0 aliphatic heterocycles. The van der Waals surface area contributed by atoms with Gasteiger partial charge < -0.3 is 10.7 Å². The molecule has 0 atom stereocenters. The van der Waals surface area contributed by atoms with Crippen molar-refractivity contribution in [2.75, 3.05) is 5.73 Å². The molecule has 2 aromatic rings. The molecule has 0 saturated carbocycles. The van der Waals surface area contributed by atoms with Crippen LogP contribution >= 0.6 is 0 Å². The minimum Gasteiger partial charge on any atom is -0.397 e. The number of nitrogens with one attached hydrogen (secondary N) is 1. The Labute approximate surface area is 70.6 Å². The molecule has 12 heavy (non-hydrogen) atoms. The smallest absolute Gasteiger partial charge is 0.111 e. The Morgan fingerprint density at radius 2 is 2.08 bits per heavy atom. The van der Waals surface area contributed by atoms with Crippen LogP contribution in [0.5, 0.6) is 0 Å². The number of fused-ring (bicyclic) bond motifs is 1. The van der Waals surface area contributed by atoms with E-state index in [0.717, 1.165) is 28.1 Å². The van der Waals surface area contributed by atoms with E-state index >= 15 is 0 Å². The van der Waals surface area contributed by atoms with E-state index in [1.165, 1.54) is 0 Å². The summed E-state index contributed by atoms with van der Waals surface area (Å²) in [5, 5.41) is 0. The molecule has 0 radical (unpaired) electrons. The predicted molar refractivity (Wildman–Crippen MR) is 50.0 cm³/mol. The second-order valence-corrected chi connectivity index (χ2v) is 3.07. The van der Waals surface area contributed by atoms with Gasteiger partial charge in [0.05, 0.1) is 11.2 Å². The van der Waals surface area contributed by atoms with E-state index in [1.54, 1.807) is 0 Å². The lowest BCUT2D eigenvalue weighted by atomic mass is 10.2. The van der Waals surface area contributed by atoms with Crippen molar-refractivity contribution in [3.05, 3.63) is 23.5 Å². The average Bonchev–Trinajstić information content (AvgIpc) is 2.29. The molecular formula is C9H11N3. The number of aromatic amines is 1. The van der Waals surface area contributed by atoms with Gasteiger partial charge >= 0.3 is 0 Å². The topological polar surface area (TPSA) is 54.7 Å². The van der Waals surface area contributed by atoms with Crippen molar-refractivity contribution in [1.29, 1.82) is 0 Å². The molecule has 0 aliphatic rings. The summed E-state index contributed by atoms with van der Waals surface area (Å²) in [7, 11) is 0. The van der Waals surface area contributed by atoms with Crippen LogP contribution in [-0.4, -0.2) is 9.97 Å². The molecule has 0 saturated heterocycles. The summed E-state index contributed by atoms with van der Waals surface area (Å²) < 4.78 is 0. The molecule has 0 fully saturated rings. The zero-order valence-electron chi connectivity index (χ0n) is 7.18. The minimum absolute atomic E-state index is 0.745. The quantitative estimate of drug-likeness (QED) is 0.578. The second kappa shape index (κ2) is 2.24. The SMILES string of the molecule is Cc1cc(N)c2nc(C)[nH]c2c1. The van der Waals surface area contributed by atoms with Gasteiger partial charge in [-0.05, 0) is 31.5 Å². The molecule has 2 rings (SSSR count). The number of benzene rings is 1. The number of nitrogens with zero attached hydrogens (tertiary/aromatic N) is 1. The number of anilines is 1. The van der Waals surface area contributed by atoms with E-state index in [0.29, 0.717) is 0 Å². The Morgan fingerprint density at radius 3 is 2.83 bits per heavy atom. The normalized spacial score (nSPS) is 10.8. The monoisotopic (exact) mass is 161 g/mol. The molecule has 0 unspecified atom stereocenters. The van der Waals surface area contributed by atoms with Gasteiger partial charge in [-0.15, -0.1) is 0 Å². The molecule has 3 N–H and O–H groups in total. The number of aromatic nitrogens is 2. The standard InChI is InChI=1S/C9H11N3/c1-5-3-7(10)9-8(4-5)11-6(2)12-9/h3-4H,10H2,1-2H3,(H,11,12). The Balaban J connectivity index is 2.88. The highest BCUT2D eigenvalue weighted by Gasteiger charge is 2.02. The molecule has 0 spiro atoms. The van der Waals surface area contributed by atoms with Crippen molar-refractivity contribution in [2.45, 2.75) is 13.8 Å². The molecule has 1 aromatic carbocycles. The van der Waals surface area contributed by atoms with Gasteiger partial charge in [0, 0.05) is 0 Å². The number of hydrogen-bond donors (Lipinski definition) is 2. The number of aryl methyl sites for hydroxylation is 2. The van der Waals surface area contributed by atoms with E-state index in [-0.39, 0.29) is 0 Å². The summed E-state index contributed by atoms with van der Waals surface area (Å²) in [5.74, 6) is 0.905. The second-order valence-electron chi connectivity index (χ2n) is 3.07. The zero-order valence-corrected chi connectivity index (χ0v) is 7.18. The van der Waals surface area contributed by atoms with Crippen LogP contribution in [0.1, 0.15) is 11.4 Å². The summed E-state index contributed by atoms with van der Waals surface area (Å²) >= 11 is 0. The fourth-order valence-corrected chi connectivity index (χ4v) is 1.42. The summed E-state index contributed by atoms with van der Waals surface area (Å²) in [6, 6.07) is 3.98. The van der Waals surface area contributed by atoms with Crippen molar-refractivity contribution < 1.29 is 0 Å². The van der Waals surface area contributed by atoms with Gasteiger partial charge in [-0.1, -0.05) is 0 Å². The fraction of sp³-hybridized carbons (Fsp3) is 0.222. The van der Waals surface area contributed by atoms with Crippen LogP contribution in [0, 0.1) is 13.8 Å². The Kier molecular flexibility index (Phi) is 1.33. The average molecular weight is 161 g/mol. The van der Waals surface area contributed by atoms with E-state index in [2.05, 4.69) is 9.97 Å². The van der Waals surface area contributed by atoms with Gasteiger partial charge in [0.25, 0.3) is 0 Å². The van der Waals surface area contributed by atoms with Gasteiger partial charge in [-0.3, -0.25) is 0 Å². The lowest BCUT2D eigenvalue weighted by Gasteiger charge is -1.96. The lowest BCUT2D eigenvalue weighted by molar-refractivity contribution is 1.17. The van der Waals surface area contributed by atoms with Gasteiger partial charge in [0.2, 0.25) is 0 Å². The van der Waals surface area contributed by atoms with E-state index in [4.69, 9.17) is 5.73 Å². The fourth-order valence-electron chi connectivity index (χ4n) is 1.42. The van der Waals surface area contributed by atoms with Crippen LogP contribution in [0.3, 0.4) is 0 Å². The zero-order chi connectivity index (χ0) is 8.72. The number of imidazole rings is 1. The molecule has 0 bridgehead atoms. The summed E-state index contributed by atoms with van der Waals surface area (Å²) in [6.45, 7) is 3.95. The third-order valence-electron chi connectivity index (χ3n) is 1.88. The van der Waals surface area contributed by atoms with E-state index in [9.17, 15) is 0 Å². The molecule has 1 heterocycles. The van der Waals surface area contributed by atoms with Gasteiger partial charge in [0.15, 0.2) is 0 Å². The summed E-state index contributed by atoms with van der Waals surface area (Å²) in [6.07, 6.45) is 0. The van der Waals surface area contributed by atoms with Crippen molar-refractivity contribution in [1.82, 2.24) is 9.97 Å². The largest absolute Gasteiger partial charge is 0.397 e. The van der Waals surface area contributed by atoms with Crippen molar-refractivity contribution in [3.63, 3.8) is 0 Å². The highest BCUT2D eigenvalue weighted by Crippen LogP contribution is 2.20. The first-order valence-electron chi connectivity index (χ1n) is 3.89. The molecule has 3 heteroatoms. The van der Waals surface area contributed by atoms with Crippen LogP contribution in [0.15, 0.2) is 12.1 Å². The van der Waals surface area contributed by atoms with E-state index in [1.807, 2.05) is 26.0 Å². The maximum Gasteiger partial charge on any atom is 0.111 e. The number of rotatable bonds is 0. The molecular weight excluding hydrogens is 150 g/mol. The van der Waals surface area contributed by atoms with Gasteiger partial charge in [0.1, 0.15) is 11.3 Å². The Bertz CT molecular complexity index is 429. The van der Waals surface area contributed by atoms with Crippen molar-refractivity contribution >= 4 is 16.7 Å². The van der Waals surface area contributed by atoms with Gasteiger partial charge in [-0.25, -0.2) is 4.98 Å². The molecule has 62 valence electrons. The predicted octanol–water partition coefficient (Wildman–Crippen LogP) is 1.76.